The fourth-order valence-electron chi connectivity index (χ4n) is 4.76. The van der Waals surface area contributed by atoms with E-state index in [0.717, 1.165) is 53.3 Å². The van der Waals surface area contributed by atoms with Crippen molar-refractivity contribution in [3.8, 4) is 0 Å². The van der Waals surface area contributed by atoms with E-state index in [2.05, 4.69) is 12.1 Å². The zero-order chi connectivity index (χ0) is 20.0. The summed E-state index contributed by atoms with van der Waals surface area (Å²) in [6.07, 6.45) is 3.90. The zero-order valence-corrected chi connectivity index (χ0v) is 16.9. The smallest absolute Gasteiger partial charge is 0.273 e. The van der Waals surface area contributed by atoms with Crippen LogP contribution in [0.3, 0.4) is 0 Å². The molecule has 0 spiro atoms. The Morgan fingerprint density at radius 1 is 1.03 bits per heavy atom. The Kier molecular flexibility index (Phi) is 4.76. The number of amides is 1. The second-order valence-electron chi connectivity index (χ2n) is 8.09. The minimum atomic E-state index is -0.443. The van der Waals surface area contributed by atoms with Gasteiger partial charge in [0.25, 0.3) is 5.91 Å². The van der Waals surface area contributed by atoms with Gasteiger partial charge in [-0.1, -0.05) is 60.8 Å². The number of hydrogen-bond donors (Lipinski definition) is 1. The fourth-order valence-corrected chi connectivity index (χ4v) is 4.88. The van der Waals surface area contributed by atoms with E-state index in [1.165, 1.54) is 0 Å². The Bertz CT molecular complexity index is 1080. The highest BCUT2D eigenvalue weighted by Gasteiger charge is 2.39. The number of hydrogen-bond acceptors (Lipinski definition) is 3. The minimum absolute atomic E-state index is 0.0472. The number of carbonyl (C=O) groups excluding carboxylic acids is 1. The SMILES string of the molecule is O=C1c2nc(Cc3ccc(Cl)cc3)c3ccccc3c2CN1[C@H]1CCCC[C@@H]1O. The lowest BCUT2D eigenvalue weighted by atomic mass is 9.91. The molecular formula is C24H23ClN2O2. The van der Waals surface area contributed by atoms with Gasteiger partial charge >= 0.3 is 0 Å². The first-order chi connectivity index (χ1) is 14.1. The van der Waals surface area contributed by atoms with Gasteiger partial charge in [0.15, 0.2) is 0 Å². The Morgan fingerprint density at radius 3 is 2.52 bits per heavy atom. The highest BCUT2D eigenvalue weighted by molar-refractivity contribution is 6.30. The van der Waals surface area contributed by atoms with Crippen molar-refractivity contribution >= 4 is 28.3 Å². The van der Waals surface area contributed by atoms with E-state index in [1.54, 1.807) is 0 Å². The van der Waals surface area contributed by atoms with Crippen molar-refractivity contribution < 1.29 is 9.90 Å². The summed E-state index contributed by atoms with van der Waals surface area (Å²) < 4.78 is 0. The first-order valence-corrected chi connectivity index (χ1v) is 10.6. The molecule has 1 aliphatic carbocycles. The van der Waals surface area contributed by atoms with Gasteiger partial charge < -0.3 is 10.0 Å². The van der Waals surface area contributed by atoms with Crippen molar-refractivity contribution in [2.24, 2.45) is 0 Å². The number of carbonyl (C=O) groups is 1. The lowest BCUT2D eigenvalue weighted by molar-refractivity contribution is 0.0190. The third-order valence-corrected chi connectivity index (χ3v) is 6.52. The largest absolute Gasteiger partial charge is 0.391 e. The molecule has 148 valence electrons. The Hall–Kier alpha value is -2.43. The number of benzene rings is 2. The lowest BCUT2D eigenvalue weighted by Crippen LogP contribution is -2.45. The van der Waals surface area contributed by atoms with E-state index in [-0.39, 0.29) is 11.9 Å². The molecule has 1 N–H and O–H groups in total. The van der Waals surface area contributed by atoms with Crippen LogP contribution in [0.1, 0.15) is 53.0 Å². The van der Waals surface area contributed by atoms with Crippen LogP contribution in [0.25, 0.3) is 10.8 Å². The quantitative estimate of drug-likeness (QED) is 0.683. The number of rotatable bonds is 3. The van der Waals surface area contributed by atoms with Gasteiger partial charge in [0.05, 0.1) is 17.8 Å². The van der Waals surface area contributed by atoms with Crippen LogP contribution in [-0.4, -0.2) is 33.0 Å². The maximum absolute atomic E-state index is 13.3. The molecule has 1 saturated carbocycles. The zero-order valence-electron chi connectivity index (χ0n) is 16.1. The topological polar surface area (TPSA) is 53.4 Å². The van der Waals surface area contributed by atoms with Crippen molar-refractivity contribution in [2.45, 2.75) is 50.8 Å². The number of halogens is 1. The maximum atomic E-state index is 13.3. The molecule has 5 heteroatoms. The predicted molar refractivity (Wildman–Crippen MR) is 114 cm³/mol. The van der Waals surface area contributed by atoms with E-state index in [0.29, 0.717) is 23.7 Å². The van der Waals surface area contributed by atoms with Crippen LogP contribution in [0, 0.1) is 0 Å². The van der Waals surface area contributed by atoms with Crippen LogP contribution in [0.15, 0.2) is 48.5 Å². The Labute approximate surface area is 175 Å². The number of aliphatic hydroxyl groups is 1. The summed E-state index contributed by atoms with van der Waals surface area (Å²) in [6.45, 7) is 0.532. The average Bonchev–Trinajstić information content (AvgIpc) is 3.07. The molecule has 0 unspecified atom stereocenters. The van der Waals surface area contributed by atoms with Crippen LogP contribution < -0.4 is 0 Å². The third-order valence-electron chi connectivity index (χ3n) is 6.27. The molecule has 1 aliphatic heterocycles. The highest BCUT2D eigenvalue weighted by Crippen LogP contribution is 2.35. The van der Waals surface area contributed by atoms with Crippen LogP contribution in [0.5, 0.6) is 0 Å². The molecule has 1 aromatic heterocycles. The van der Waals surface area contributed by atoms with Gasteiger partial charge in [-0.05, 0) is 35.9 Å². The Balaban J connectivity index is 1.56. The summed E-state index contributed by atoms with van der Waals surface area (Å²) in [5, 5.41) is 13.4. The summed E-state index contributed by atoms with van der Waals surface area (Å²) in [5.41, 5.74) is 3.55. The minimum Gasteiger partial charge on any atom is -0.391 e. The summed E-state index contributed by atoms with van der Waals surface area (Å²) in [5.74, 6) is -0.0472. The molecular weight excluding hydrogens is 384 g/mol. The van der Waals surface area contributed by atoms with Crippen molar-refractivity contribution in [1.29, 1.82) is 0 Å². The molecule has 29 heavy (non-hydrogen) atoms. The summed E-state index contributed by atoms with van der Waals surface area (Å²) in [4.78, 5) is 20.0. The van der Waals surface area contributed by atoms with Gasteiger partial charge in [-0.2, -0.15) is 0 Å². The number of aromatic nitrogens is 1. The molecule has 2 heterocycles. The first kappa shape index (κ1) is 18.6. The molecule has 4 nitrogen and oxygen atoms in total. The van der Waals surface area contributed by atoms with E-state index in [4.69, 9.17) is 16.6 Å². The molecule has 1 fully saturated rings. The van der Waals surface area contributed by atoms with E-state index in [9.17, 15) is 9.90 Å². The summed E-state index contributed by atoms with van der Waals surface area (Å²) >= 11 is 6.02. The Morgan fingerprint density at radius 2 is 1.76 bits per heavy atom. The number of pyridine rings is 1. The lowest BCUT2D eigenvalue weighted by Gasteiger charge is -2.34. The highest BCUT2D eigenvalue weighted by atomic mass is 35.5. The second kappa shape index (κ2) is 7.43. The number of nitrogens with zero attached hydrogens (tertiary/aromatic N) is 2. The van der Waals surface area contributed by atoms with Gasteiger partial charge in [-0.25, -0.2) is 4.98 Å². The van der Waals surface area contributed by atoms with Crippen LogP contribution in [0.2, 0.25) is 5.02 Å². The van der Waals surface area contributed by atoms with Gasteiger partial charge in [0, 0.05) is 28.9 Å². The molecule has 0 bridgehead atoms. The normalized spacial score (nSPS) is 21.6. The monoisotopic (exact) mass is 406 g/mol. The number of aliphatic hydroxyl groups excluding tert-OH is 1. The first-order valence-electron chi connectivity index (χ1n) is 10.3. The molecule has 0 radical (unpaired) electrons. The van der Waals surface area contributed by atoms with Gasteiger partial charge in [-0.15, -0.1) is 0 Å². The van der Waals surface area contributed by atoms with Crippen LogP contribution >= 0.6 is 11.6 Å². The van der Waals surface area contributed by atoms with E-state index >= 15 is 0 Å². The molecule has 2 aromatic carbocycles. The van der Waals surface area contributed by atoms with Gasteiger partial charge in [-0.3, -0.25) is 4.79 Å². The van der Waals surface area contributed by atoms with Crippen molar-refractivity contribution in [3.63, 3.8) is 0 Å². The van der Waals surface area contributed by atoms with Crippen LogP contribution in [0.4, 0.5) is 0 Å². The molecule has 2 atom stereocenters. The van der Waals surface area contributed by atoms with E-state index < -0.39 is 6.10 Å². The summed E-state index contributed by atoms with van der Waals surface area (Å²) in [6, 6.07) is 15.8. The molecule has 1 amide bonds. The molecule has 3 aromatic rings. The van der Waals surface area contributed by atoms with Crippen molar-refractivity contribution in [3.05, 3.63) is 76.1 Å². The molecule has 5 rings (SSSR count). The average molecular weight is 407 g/mol. The number of fused-ring (bicyclic) bond motifs is 3. The van der Waals surface area contributed by atoms with Gasteiger partial charge in [0.2, 0.25) is 0 Å². The third kappa shape index (κ3) is 3.30. The van der Waals surface area contributed by atoms with E-state index in [1.807, 2.05) is 41.3 Å². The van der Waals surface area contributed by atoms with Crippen molar-refractivity contribution in [2.75, 3.05) is 0 Å². The molecule has 2 aliphatic rings. The molecule has 0 saturated heterocycles. The summed E-state index contributed by atoms with van der Waals surface area (Å²) in [7, 11) is 0. The maximum Gasteiger partial charge on any atom is 0.273 e. The van der Waals surface area contributed by atoms with Crippen molar-refractivity contribution in [1.82, 2.24) is 9.88 Å². The van der Waals surface area contributed by atoms with Gasteiger partial charge in [0.1, 0.15) is 5.69 Å². The standard InChI is InChI=1S/C24H23ClN2O2/c25-16-11-9-15(10-12-16)13-20-18-6-2-1-5-17(18)19-14-27(24(29)23(19)26-20)21-7-3-4-8-22(21)28/h1-2,5-6,9-12,21-22,28H,3-4,7-8,13-14H2/t21-,22-/m0/s1. The predicted octanol–water partition coefficient (Wildman–Crippen LogP) is 4.74. The fraction of sp³-hybridized carbons (Fsp3) is 0.333. The van der Waals surface area contributed by atoms with Crippen LogP contribution in [-0.2, 0) is 13.0 Å². The second-order valence-corrected chi connectivity index (χ2v) is 8.52.